The quantitative estimate of drug-likeness (QED) is 0.693. The molecule has 138 valence electrons. The molecule has 0 spiro atoms. The summed E-state index contributed by atoms with van der Waals surface area (Å²) in [5.74, 6) is 0.974. The van der Waals surface area contributed by atoms with Gasteiger partial charge in [-0.2, -0.15) is 0 Å². The lowest BCUT2D eigenvalue weighted by Gasteiger charge is -2.36. The summed E-state index contributed by atoms with van der Waals surface area (Å²) < 4.78 is 5.62. The van der Waals surface area contributed by atoms with Crippen LogP contribution in [-0.4, -0.2) is 52.2 Å². The van der Waals surface area contributed by atoms with Gasteiger partial charge in [-0.3, -0.25) is 9.78 Å². The number of amides is 1. The molecule has 1 aliphatic rings. The Balaban J connectivity index is 1.27. The van der Waals surface area contributed by atoms with Crippen LogP contribution in [0.25, 0.3) is 11.6 Å². The second-order valence-electron chi connectivity index (χ2n) is 6.42. The van der Waals surface area contributed by atoms with E-state index >= 15 is 0 Å². The molecule has 0 N–H and O–H groups in total. The highest BCUT2D eigenvalue weighted by Gasteiger charge is 2.21. The summed E-state index contributed by atoms with van der Waals surface area (Å²) in [5.41, 5.74) is 1.84. The number of piperazine rings is 1. The van der Waals surface area contributed by atoms with Crippen molar-refractivity contribution in [3.8, 4) is 11.6 Å². The Labute approximate surface area is 157 Å². The molecule has 2 aromatic heterocycles. The summed E-state index contributed by atoms with van der Waals surface area (Å²) in [4.78, 5) is 20.9. The molecule has 1 amide bonds. The zero-order valence-corrected chi connectivity index (χ0v) is 15.0. The van der Waals surface area contributed by atoms with E-state index in [0.717, 1.165) is 26.2 Å². The molecule has 7 nitrogen and oxygen atoms in total. The number of benzene rings is 1. The van der Waals surface area contributed by atoms with Gasteiger partial charge in [0.1, 0.15) is 5.69 Å². The van der Waals surface area contributed by atoms with Gasteiger partial charge in [0, 0.05) is 50.9 Å². The van der Waals surface area contributed by atoms with Gasteiger partial charge in [-0.05, 0) is 24.3 Å². The van der Waals surface area contributed by atoms with Gasteiger partial charge in [-0.15, -0.1) is 10.2 Å². The minimum Gasteiger partial charge on any atom is -0.419 e. The number of aryl methyl sites for hydroxylation is 1. The van der Waals surface area contributed by atoms with Gasteiger partial charge in [-0.25, -0.2) is 0 Å². The van der Waals surface area contributed by atoms with Crippen LogP contribution in [0.3, 0.4) is 0 Å². The molecular weight excluding hydrogens is 342 g/mol. The van der Waals surface area contributed by atoms with Crippen LogP contribution < -0.4 is 4.90 Å². The first-order valence-corrected chi connectivity index (χ1v) is 9.11. The molecule has 0 saturated carbocycles. The molecule has 1 aliphatic heterocycles. The van der Waals surface area contributed by atoms with Gasteiger partial charge < -0.3 is 14.2 Å². The number of para-hydroxylation sites is 1. The van der Waals surface area contributed by atoms with Gasteiger partial charge >= 0.3 is 0 Å². The third-order valence-corrected chi connectivity index (χ3v) is 4.66. The first kappa shape index (κ1) is 17.2. The lowest BCUT2D eigenvalue weighted by atomic mass is 10.2. The summed E-state index contributed by atoms with van der Waals surface area (Å²) in [6.07, 6.45) is 2.49. The summed E-state index contributed by atoms with van der Waals surface area (Å²) in [6.45, 7) is 3.16. The predicted octanol–water partition coefficient (Wildman–Crippen LogP) is 2.41. The van der Waals surface area contributed by atoms with Crippen molar-refractivity contribution >= 4 is 11.6 Å². The molecule has 27 heavy (non-hydrogen) atoms. The van der Waals surface area contributed by atoms with Crippen LogP contribution in [0.4, 0.5) is 5.69 Å². The zero-order valence-electron chi connectivity index (χ0n) is 15.0. The zero-order chi connectivity index (χ0) is 18.5. The minimum atomic E-state index is 0.125. The van der Waals surface area contributed by atoms with Crippen molar-refractivity contribution in [1.29, 1.82) is 0 Å². The van der Waals surface area contributed by atoms with E-state index in [1.165, 1.54) is 5.69 Å². The number of hydrogen-bond acceptors (Lipinski definition) is 6. The summed E-state index contributed by atoms with van der Waals surface area (Å²) in [7, 11) is 0. The Kier molecular flexibility index (Phi) is 5.09. The number of aromatic nitrogens is 3. The van der Waals surface area contributed by atoms with Crippen LogP contribution in [0.1, 0.15) is 12.3 Å². The summed E-state index contributed by atoms with van der Waals surface area (Å²) >= 11 is 0. The van der Waals surface area contributed by atoms with Crippen LogP contribution in [-0.2, 0) is 11.2 Å². The van der Waals surface area contributed by atoms with Crippen molar-refractivity contribution < 1.29 is 9.21 Å². The van der Waals surface area contributed by atoms with Crippen molar-refractivity contribution in [3.05, 3.63) is 60.6 Å². The lowest BCUT2D eigenvalue weighted by Crippen LogP contribution is -2.48. The van der Waals surface area contributed by atoms with Crippen LogP contribution in [0.5, 0.6) is 0 Å². The van der Waals surface area contributed by atoms with E-state index in [4.69, 9.17) is 4.42 Å². The normalized spacial score (nSPS) is 14.4. The predicted molar refractivity (Wildman–Crippen MR) is 101 cm³/mol. The molecule has 1 aromatic carbocycles. The Morgan fingerprint density at radius 1 is 0.963 bits per heavy atom. The monoisotopic (exact) mass is 363 g/mol. The topological polar surface area (TPSA) is 75.4 Å². The van der Waals surface area contributed by atoms with E-state index in [1.807, 2.05) is 41.3 Å². The number of anilines is 1. The van der Waals surface area contributed by atoms with E-state index in [1.54, 1.807) is 6.20 Å². The van der Waals surface area contributed by atoms with Crippen LogP contribution in [0.2, 0.25) is 0 Å². The molecule has 1 saturated heterocycles. The molecule has 0 unspecified atom stereocenters. The standard InChI is InChI=1S/C20H21N5O2/c26-19(25-14-12-24(13-15-25)16-6-2-1-3-7-16)10-9-18-22-23-20(27-18)17-8-4-5-11-21-17/h1-8,11H,9-10,12-15H2. The van der Waals surface area contributed by atoms with E-state index in [2.05, 4.69) is 32.2 Å². The van der Waals surface area contributed by atoms with Crippen molar-refractivity contribution in [2.75, 3.05) is 31.1 Å². The SMILES string of the molecule is O=C(CCc1nnc(-c2ccccn2)o1)N1CCN(c2ccccc2)CC1. The molecule has 1 fully saturated rings. The van der Waals surface area contributed by atoms with Crippen LogP contribution in [0, 0.1) is 0 Å². The molecule has 0 radical (unpaired) electrons. The first-order chi connectivity index (χ1) is 13.3. The minimum absolute atomic E-state index is 0.125. The first-order valence-electron chi connectivity index (χ1n) is 9.11. The van der Waals surface area contributed by atoms with Crippen LogP contribution >= 0.6 is 0 Å². The lowest BCUT2D eigenvalue weighted by molar-refractivity contribution is -0.131. The maximum absolute atomic E-state index is 12.5. The average molecular weight is 363 g/mol. The summed E-state index contributed by atoms with van der Waals surface area (Å²) in [6, 6.07) is 15.8. The van der Waals surface area contributed by atoms with E-state index in [0.29, 0.717) is 30.3 Å². The number of hydrogen-bond donors (Lipinski definition) is 0. The number of pyridine rings is 1. The fraction of sp³-hybridized carbons (Fsp3) is 0.300. The molecule has 0 atom stereocenters. The maximum atomic E-state index is 12.5. The number of carbonyl (C=O) groups excluding carboxylic acids is 1. The van der Waals surface area contributed by atoms with Crippen molar-refractivity contribution in [3.63, 3.8) is 0 Å². The molecule has 0 aliphatic carbocycles. The van der Waals surface area contributed by atoms with Crippen molar-refractivity contribution in [1.82, 2.24) is 20.1 Å². The Morgan fingerprint density at radius 3 is 2.48 bits per heavy atom. The molecular formula is C20H21N5O2. The second kappa shape index (κ2) is 7.99. The third-order valence-electron chi connectivity index (χ3n) is 4.66. The highest BCUT2D eigenvalue weighted by molar-refractivity contribution is 5.76. The van der Waals surface area contributed by atoms with Crippen LogP contribution in [0.15, 0.2) is 59.1 Å². The number of carbonyl (C=O) groups is 1. The molecule has 7 heteroatoms. The Morgan fingerprint density at radius 2 is 1.74 bits per heavy atom. The smallest absolute Gasteiger partial charge is 0.266 e. The highest BCUT2D eigenvalue weighted by Crippen LogP contribution is 2.17. The van der Waals surface area contributed by atoms with Gasteiger partial charge in [-0.1, -0.05) is 24.3 Å². The fourth-order valence-corrected chi connectivity index (χ4v) is 3.17. The molecule has 3 aromatic rings. The van der Waals surface area contributed by atoms with Gasteiger partial charge in [0.15, 0.2) is 0 Å². The number of nitrogens with zero attached hydrogens (tertiary/aromatic N) is 5. The average Bonchev–Trinajstić information content (AvgIpc) is 3.22. The Bertz CT molecular complexity index is 874. The second-order valence-corrected chi connectivity index (χ2v) is 6.42. The van der Waals surface area contributed by atoms with Crippen molar-refractivity contribution in [2.24, 2.45) is 0 Å². The van der Waals surface area contributed by atoms with Gasteiger partial charge in [0.05, 0.1) is 0 Å². The van der Waals surface area contributed by atoms with Gasteiger partial charge in [0.2, 0.25) is 11.8 Å². The molecule has 4 rings (SSSR count). The highest BCUT2D eigenvalue weighted by atomic mass is 16.4. The fourth-order valence-electron chi connectivity index (χ4n) is 3.17. The van der Waals surface area contributed by atoms with E-state index in [-0.39, 0.29) is 5.91 Å². The van der Waals surface area contributed by atoms with E-state index < -0.39 is 0 Å². The Hall–Kier alpha value is -3.22. The van der Waals surface area contributed by atoms with Crippen molar-refractivity contribution in [2.45, 2.75) is 12.8 Å². The maximum Gasteiger partial charge on any atom is 0.266 e. The molecule has 3 heterocycles. The van der Waals surface area contributed by atoms with Gasteiger partial charge in [0.25, 0.3) is 5.89 Å². The van der Waals surface area contributed by atoms with E-state index in [9.17, 15) is 4.79 Å². The summed E-state index contributed by atoms with van der Waals surface area (Å²) in [5, 5.41) is 8.04. The number of rotatable bonds is 5. The largest absolute Gasteiger partial charge is 0.419 e. The molecule has 0 bridgehead atoms. The third kappa shape index (κ3) is 4.13.